The topological polar surface area (TPSA) is 60.0 Å². The molecule has 1 amide bonds. The van der Waals surface area contributed by atoms with Gasteiger partial charge in [-0.15, -0.1) is 0 Å². The van der Waals surface area contributed by atoms with E-state index in [1.165, 1.54) is 0 Å². The van der Waals surface area contributed by atoms with Gasteiger partial charge >= 0.3 is 0 Å². The van der Waals surface area contributed by atoms with Crippen molar-refractivity contribution in [2.24, 2.45) is 18.7 Å². The fourth-order valence-corrected chi connectivity index (χ4v) is 1.44. The summed E-state index contributed by atoms with van der Waals surface area (Å²) in [5, 5.41) is 2.92. The number of aromatic nitrogens is 1. The lowest BCUT2D eigenvalue weighted by Crippen LogP contribution is -2.44. The summed E-state index contributed by atoms with van der Waals surface area (Å²) in [6.45, 7) is 4.55. The summed E-state index contributed by atoms with van der Waals surface area (Å²) in [4.78, 5) is 11.8. The molecule has 0 fully saturated rings. The van der Waals surface area contributed by atoms with E-state index in [9.17, 15) is 4.79 Å². The molecule has 0 radical (unpaired) electrons. The van der Waals surface area contributed by atoms with Crippen molar-refractivity contribution in [2.45, 2.75) is 19.9 Å². The third-order valence-corrected chi connectivity index (χ3v) is 2.55. The standard InChI is InChI=1S/C11H19N3O/c1-8(2)9(7-12)13-11(15)10-5-4-6-14(10)3/h4-6,8-9H,7,12H2,1-3H3,(H,13,15). The van der Waals surface area contributed by atoms with Crippen molar-refractivity contribution in [1.29, 1.82) is 0 Å². The summed E-state index contributed by atoms with van der Waals surface area (Å²) < 4.78 is 1.79. The molecule has 4 heteroatoms. The molecule has 0 aliphatic heterocycles. The van der Waals surface area contributed by atoms with Crippen LogP contribution in [0.2, 0.25) is 0 Å². The Hall–Kier alpha value is -1.29. The van der Waals surface area contributed by atoms with Crippen LogP contribution in [0.15, 0.2) is 18.3 Å². The van der Waals surface area contributed by atoms with Crippen LogP contribution < -0.4 is 11.1 Å². The van der Waals surface area contributed by atoms with Crippen molar-refractivity contribution in [3.05, 3.63) is 24.0 Å². The van der Waals surface area contributed by atoms with Crippen LogP contribution in [0.4, 0.5) is 0 Å². The van der Waals surface area contributed by atoms with Crippen LogP contribution in [0, 0.1) is 5.92 Å². The maximum Gasteiger partial charge on any atom is 0.268 e. The van der Waals surface area contributed by atoms with Gasteiger partial charge in [-0.25, -0.2) is 0 Å². The summed E-state index contributed by atoms with van der Waals surface area (Å²) >= 11 is 0. The van der Waals surface area contributed by atoms with E-state index < -0.39 is 0 Å². The van der Waals surface area contributed by atoms with E-state index in [1.807, 2.05) is 33.2 Å². The van der Waals surface area contributed by atoms with Gasteiger partial charge in [0.05, 0.1) is 0 Å². The van der Waals surface area contributed by atoms with E-state index in [2.05, 4.69) is 5.32 Å². The van der Waals surface area contributed by atoms with Crippen LogP contribution in [-0.2, 0) is 7.05 Å². The predicted molar refractivity (Wildman–Crippen MR) is 60.6 cm³/mol. The van der Waals surface area contributed by atoms with E-state index in [4.69, 9.17) is 5.73 Å². The highest BCUT2D eigenvalue weighted by Crippen LogP contribution is 2.03. The summed E-state index contributed by atoms with van der Waals surface area (Å²) in [7, 11) is 1.85. The Morgan fingerprint density at radius 3 is 2.67 bits per heavy atom. The molecule has 1 aromatic rings. The van der Waals surface area contributed by atoms with Crippen LogP contribution in [0.25, 0.3) is 0 Å². The number of aryl methyl sites for hydroxylation is 1. The fourth-order valence-electron chi connectivity index (χ4n) is 1.44. The molecule has 0 aliphatic carbocycles. The molecule has 3 N–H and O–H groups in total. The van der Waals surface area contributed by atoms with Gasteiger partial charge < -0.3 is 15.6 Å². The third-order valence-electron chi connectivity index (χ3n) is 2.55. The molecule has 15 heavy (non-hydrogen) atoms. The minimum atomic E-state index is -0.0633. The first-order chi connectivity index (χ1) is 7.06. The van der Waals surface area contributed by atoms with Gasteiger partial charge in [-0.2, -0.15) is 0 Å². The minimum Gasteiger partial charge on any atom is -0.347 e. The fraction of sp³-hybridized carbons (Fsp3) is 0.545. The van der Waals surface area contributed by atoms with Crippen molar-refractivity contribution in [3.8, 4) is 0 Å². The van der Waals surface area contributed by atoms with Crippen LogP contribution in [0.1, 0.15) is 24.3 Å². The molecule has 0 saturated heterocycles. The number of hydrogen-bond acceptors (Lipinski definition) is 2. The lowest BCUT2D eigenvalue weighted by atomic mass is 10.0. The van der Waals surface area contributed by atoms with E-state index in [0.29, 0.717) is 18.2 Å². The minimum absolute atomic E-state index is 0.0346. The molecule has 84 valence electrons. The number of carbonyl (C=O) groups is 1. The Labute approximate surface area is 90.5 Å². The van der Waals surface area contributed by atoms with Crippen molar-refractivity contribution in [3.63, 3.8) is 0 Å². The van der Waals surface area contributed by atoms with Gasteiger partial charge in [0.1, 0.15) is 5.69 Å². The second-order valence-corrected chi connectivity index (χ2v) is 4.06. The molecule has 1 rings (SSSR count). The Bertz CT molecular complexity index is 330. The summed E-state index contributed by atoms with van der Waals surface area (Å²) in [6, 6.07) is 3.68. The second-order valence-electron chi connectivity index (χ2n) is 4.06. The average molecular weight is 209 g/mol. The van der Waals surface area contributed by atoms with Crippen LogP contribution >= 0.6 is 0 Å². The Kier molecular flexibility index (Phi) is 3.91. The number of nitrogens with zero attached hydrogens (tertiary/aromatic N) is 1. The Morgan fingerprint density at radius 2 is 2.27 bits per heavy atom. The zero-order chi connectivity index (χ0) is 11.4. The SMILES string of the molecule is CC(C)C(CN)NC(=O)c1cccn1C. The lowest BCUT2D eigenvalue weighted by Gasteiger charge is -2.20. The van der Waals surface area contributed by atoms with E-state index in [-0.39, 0.29) is 11.9 Å². The van der Waals surface area contributed by atoms with Gasteiger partial charge in [0.25, 0.3) is 5.91 Å². The van der Waals surface area contributed by atoms with Gasteiger partial charge in [0.2, 0.25) is 0 Å². The zero-order valence-electron chi connectivity index (χ0n) is 9.53. The van der Waals surface area contributed by atoms with E-state index in [0.717, 1.165) is 0 Å². The molecular formula is C11H19N3O. The van der Waals surface area contributed by atoms with Crippen molar-refractivity contribution in [2.75, 3.05) is 6.54 Å². The molecule has 4 nitrogen and oxygen atoms in total. The van der Waals surface area contributed by atoms with Crippen LogP contribution in [0.5, 0.6) is 0 Å². The molecule has 0 aliphatic rings. The molecule has 0 spiro atoms. The number of rotatable bonds is 4. The maximum atomic E-state index is 11.8. The Morgan fingerprint density at radius 1 is 1.60 bits per heavy atom. The highest BCUT2D eigenvalue weighted by atomic mass is 16.2. The van der Waals surface area contributed by atoms with Gasteiger partial charge in [0, 0.05) is 25.8 Å². The molecule has 1 unspecified atom stereocenters. The average Bonchev–Trinajstić information content (AvgIpc) is 2.60. The lowest BCUT2D eigenvalue weighted by molar-refractivity contribution is 0.0919. The smallest absolute Gasteiger partial charge is 0.268 e. The molecule has 1 aromatic heterocycles. The maximum absolute atomic E-state index is 11.8. The van der Waals surface area contributed by atoms with Crippen LogP contribution in [0.3, 0.4) is 0 Å². The normalized spacial score (nSPS) is 12.9. The first-order valence-corrected chi connectivity index (χ1v) is 5.18. The first-order valence-electron chi connectivity index (χ1n) is 5.18. The zero-order valence-corrected chi connectivity index (χ0v) is 9.53. The monoisotopic (exact) mass is 209 g/mol. The Balaban J connectivity index is 2.67. The van der Waals surface area contributed by atoms with Crippen molar-refractivity contribution >= 4 is 5.91 Å². The number of amides is 1. The highest BCUT2D eigenvalue weighted by Gasteiger charge is 2.16. The molecule has 1 atom stereocenters. The molecular weight excluding hydrogens is 190 g/mol. The van der Waals surface area contributed by atoms with Gasteiger partial charge in [-0.3, -0.25) is 4.79 Å². The highest BCUT2D eigenvalue weighted by molar-refractivity contribution is 5.92. The summed E-state index contributed by atoms with van der Waals surface area (Å²) in [6.07, 6.45) is 1.85. The molecule has 1 heterocycles. The van der Waals surface area contributed by atoms with Crippen molar-refractivity contribution < 1.29 is 4.79 Å². The summed E-state index contributed by atoms with van der Waals surface area (Å²) in [5.74, 6) is 0.283. The van der Waals surface area contributed by atoms with Gasteiger partial charge in [0.15, 0.2) is 0 Å². The third kappa shape index (κ3) is 2.83. The second kappa shape index (κ2) is 4.98. The van der Waals surface area contributed by atoms with Gasteiger partial charge in [-0.1, -0.05) is 13.8 Å². The van der Waals surface area contributed by atoms with Crippen molar-refractivity contribution in [1.82, 2.24) is 9.88 Å². The first kappa shape index (κ1) is 11.8. The number of carbonyl (C=O) groups excluding carboxylic acids is 1. The largest absolute Gasteiger partial charge is 0.347 e. The molecule has 0 saturated carbocycles. The predicted octanol–water partition coefficient (Wildman–Crippen LogP) is 0.738. The van der Waals surface area contributed by atoms with Gasteiger partial charge in [-0.05, 0) is 18.1 Å². The number of nitrogens with one attached hydrogen (secondary N) is 1. The molecule has 0 aromatic carbocycles. The number of hydrogen-bond donors (Lipinski definition) is 2. The van der Waals surface area contributed by atoms with E-state index in [1.54, 1.807) is 10.6 Å². The number of nitrogens with two attached hydrogens (primary N) is 1. The quantitative estimate of drug-likeness (QED) is 0.768. The summed E-state index contributed by atoms with van der Waals surface area (Å²) in [5.41, 5.74) is 6.25. The van der Waals surface area contributed by atoms with Crippen LogP contribution in [-0.4, -0.2) is 23.1 Å². The van der Waals surface area contributed by atoms with E-state index >= 15 is 0 Å². The molecule has 0 bridgehead atoms.